The van der Waals surface area contributed by atoms with Crippen molar-refractivity contribution in [2.45, 2.75) is 0 Å². The van der Waals surface area contributed by atoms with Crippen LogP contribution in [-0.4, -0.2) is 44.8 Å². The topological polar surface area (TPSA) is 166 Å². The summed E-state index contributed by atoms with van der Waals surface area (Å²) in [5.41, 5.74) is 1.73. The Morgan fingerprint density at radius 3 is 2.52 bits per heavy atom. The largest absolute Gasteiger partial charge is 0.355 e. The Labute approximate surface area is 193 Å². The summed E-state index contributed by atoms with van der Waals surface area (Å²) in [6.07, 6.45) is 0.463. The predicted octanol–water partition coefficient (Wildman–Crippen LogP) is 3.09. The van der Waals surface area contributed by atoms with Crippen molar-refractivity contribution in [1.82, 2.24) is 15.3 Å². The van der Waals surface area contributed by atoms with Gasteiger partial charge in [-0.2, -0.15) is 4.98 Å². The van der Waals surface area contributed by atoms with E-state index in [-0.39, 0.29) is 22.7 Å². The molecular formula is C20H20ClN6O5P. The molecule has 0 aliphatic rings. The van der Waals surface area contributed by atoms with Gasteiger partial charge >= 0.3 is 7.60 Å². The van der Waals surface area contributed by atoms with Gasteiger partial charge in [-0.3, -0.25) is 14.2 Å². The molecule has 3 aromatic rings. The number of para-hydroxylation sites is 1. The van der Waals surface area contributed by atoms with Gasteiger partial charge in [0, 0.05) is 18.4 Å². The van der Waals surface area contributed by atoms with Crippen molar-refractivity contribution < 1.29 is 23.9 Å². The maximum atomic E-state index is 12.1. The van der Waals surface area contributed by atoms with Crippen LogP contribution in [0.3, 0.4) is 0 Å². The molecule has 2 amide bonds. The molecule has 0 radical (unpaired) electrons. The molecule has 0 spiro atoms. The van der Waals surface area contributed by atoms with Crippen LogP contribution in [-0.2, 0) is 9.36 Å². The first-order valence-electron chi connectivity index (χ1n) is 9.47. The number of aromatic nitrogens is 2. The highest BCUT2D eigenvalue weighted by molar-refractivity contribution is 7.52. The smallest absolute Gasteiger partial charge is 0.334 e. The molecule has 0 unspecified atom stereocenters. The molecule has 11 nitrogen and oxygen atoms in total. The highest BCUT2D eigenvalue weighted by atomic mass is 35.5. The molecule has 3 rings (SSSR count). The zero-order chi connectivity index (χ0) is 24.0. The van der Waals surface area contributed by atoms with Crippen LogP contribution in [0.4, 0.5) is 28.8 Å². The molecule has 0 atom stereocenters. The fourth-order valence-corrected chi connectivity index (χ4v) is 3.35. The van der Waals surface area contributed by atoms with Crippen LogP contribution in [0.1, 0.15) is 10.4 Å². The van der Waals surface area contributed by atoms with Crippen molar-refractivity contribution in [3.63, 3.8) is 0 Å². The number of benzene rings is 2. The molecule has 0 fully saturated rings. The molecule has 0 aliphatic heterocycles. The van der Waals surface area contributed by atoms with Crippen LogP contribution in [0.5, 0.6) is 0 Å². The van der Waals surface area contributed by atoms with Crippen LogP contribution in [0.2, 0.25) is 5.02 Å². The number of rotatable bonds is 8. The van der Waals surface area contributed by atoms with Gasteiger partial charge in [-0.25, -0.2) is 4.98 Å². The second-order valence-corrected chi connectivity index (χ2v) is 8.77. The number of nitrogens with zero attached hydrogens (tertiary/aromatic N) is 2. The van der Waals surface area contributed by atoms with Gasteiger partial charge < -0.3 is 31.1 Å². The van der Waals surface area contributed by atoms with E-state index < -0.39 is 19.7 Å². The maximum absolute atomic E-state index is 12.1. The number of amides is 2. The van der Waals surface area contributed by atoms with E-state index in [1.807, 2.05) is 0 Å². The van der Waals surface area contributed by atoms with E-state index in [1.54, 1.807) is 48.5 Å². The number of hydrogen-bond acceptors (Lipinski definition) is 7. The molecule has 1 heterocycles. The Kier molecular flexibility index (Phi) is 7.62. The van der Waals surface area contributed by atoms with Crippen molar-refractivity contribution in [1.29, 1.82) is 0 Å². The molecular weight excluding hydrogens is 471 g/mol. The summed E-state index contributed by atoms with van der Waals surface area (Å²) in [6, 6.07) is 13.3. The van der Waals surface area contributed by atoms with Crippen molar-refractivity contribution >= 4 is 59.8 Å². The average Bonchev–Trinajstić information content (AvgIpc) is 2.75. The fourth-order valence-electron chi connectivity index (χ4n) is 2.76. The van der Waals surface area contributed by atoms with Gasteiger partial charge in [0.25, 0.3) is 5.91 Å². The van der Waals surface area contributed by atoms with Crippen LogP contribution >= 0.6 is 19.2 Å². The van der Waals surface area contributed by atoms with Crippen LogP contribution in [0, 0.1) is 0 Å². The molecule has 33 heavy (non-hydrogen) atoms. The van der Waals surface area contributed by atoms with Gasteiger partial charge in [-0.1, -0.05) is 29.8 Å². The van der Waals surface area contributed by atoms with Crippen LogP contribution in [0.25, 0.3) is 0 Å². The van der Waals surface area contributed by atoms with E-state index >= 15 is 0 Å². The van der Waals surface area contributed by atoms with Crippen LogP contribution < -0.4 is 21.3 Å². The lowest BCUT2D eigenvalue weighted by Crippen LogP contribution is -2.19. The van der Waals surface area contributed by atoms with E-state index in [4.69, 9.17) is 21.4 Å². The summed E-state index contributed by atoms with van der Waals surface area (Å²) in [4.78, 5) is 50.1. The van der Waals surface area contributed by atoms with Gasteiger partial charge in [-0.05, 0) is 30.3 Å². The summed E-state index contributed by atoms with van der Waals surface area (Å²) < 4.78 is 11.0. The van der Waals surface area contributed by atoms with Crippen molar-refractivity contribution in [2.75, 3.05) is 29.2 Å². The minimum absolute atomic E-state index is 0.179. The summed E-state index contributed by atoms with van der Waals surface area (Å²) in [5.74, 6) is -0.654. The first-order valence-corrected chi connectivity index (χ1v) is 11.6. The fraction of sp³-hybridized carbons (Fsp3) is 0.100. The number of anilines is 5. The zero-order valence-corrected chi connectivity index (χ0v) is 18.9. The SMILES string of the molecule is CNC(=O)c1ccccc1Nc1nc(Nc2cccc(NC(=O)CP(=O)(O)O)c2)ncc1Cl. The number of hydrogen-bond donors (Lipinski definition) is 6. The average molecular weight is 491 g/mol. The van der Waals surface area contributed by atoms with E-state index in [0.29, 0.717) is 22.6 Å². The standard InChI is InChI=1S/C20H20ClN6O5P/c1-22-19(29)14-7-2-3-8-16(14)26-18-15(21)10-23-20(27-18)25-13-6-4-5-12(9-13)24-17(28)11-33(30,31)32/h2-10H,11H2,1H3,(H,22,29)(H,24,28)(H2,30,31,32)(H2,23,25,26,27). The normalized spacial score (nSPS) is 10.9. The van der Waals surface area contributed by atoms with Gasteiger partial charge in [0.15, 0.2) is 5.82 Å². The predicted molar refractivity (Wildman–Crippen MR) is 125 cm³/mol. The third kappa shape index (κ3) is 6.99. The van der Waals surface area contributed by atoms with Crippen LogP contribution in [0.15, 0.2) is 54.7 Å². The first-order chi connectivity index (χ1) is 15.6. The Bertz CT molecular complexity index is 1240. The Morgan fingerprint density at radius 1 is 1.06 bits per heavy atom. The molecule has 0 saturated carbocycles. The third-order valence-corrected chi connectivity index (χ3v) is 5.12. The monoisotopic (exact) mass is 490 g/mol. The molecule has 13 heteroatoms. The molecule has 2 aromatic carbocycles. The molecule has 1 aromatic heterocycles. The number of carbonyl (C=O) groups is 2. The number of nitrogens with one attached hydrogen (secondary N) is 4. The lowest BCUT2D eigenvalue weighted by atomic mass is 10.1. The first kappa shape index (κ1) is 24.1. The Morgan fingerprint density at radius 2 is 1.79 bits per heavy atom. The third-order valence-electron chi connectivity index (χ3n) is 4.15. The van der Waals surface area contributed by atoms with Gasteiger partial charge in [-0.15, -0.1) is 0 Å². The lowest BCUT2D eigenvalue weighted by molar-refractivity contribution is -0.114. The van der Waals surface area contributed by atoms with Gasteiger partial charge in [0.1, 0.15) is 11.2 Å². The second kappa shape index (κ2) is 10.4. The molecule has 6 N–H and O–H groups in total. The minimum Gasteiger partial charge on any atom is -0.355 e. The lowest BCUT2D eigenvalue weighted by Gasteiger charge is -2.13. The molecule has 0 saturated heterocycles. The zero-order valence-electron chi connectivity index (χ0n) is 17.2. The quantitative estimate of drug-likeness (QED) is 0.260. The van der Waals surface area contributed by atoms with E-state index in [2.05, 4.69) is 31.2 Å². The summed E-state index contributed by atoms with van der Waals surface area (Å²) >= 11 is 6.22. The number of halogens is 1. The van der Waals surface area contributed by atoms with E-state index in [0.717, 1.165) is 0 Å². The van der Waals surface area contributed by atoms with E-state index in [9.17, 15) is 14.2 Å². The minimum atomic E-state index is -4.47. The van der Waals surface area contributed by atoms with Crippen molar-refractivity contribution in [3.05, 3.63) is 65.3 Å². The van der Waals surface area contributed by atoms with Crippen molar-refractivity contribution in [3.8, 4) is 0 Å². The van der Waals surface area contributed by atoms with Gasteiger partial charge in [0.2, 0.25) is 11.9 Å². The Balaban J connectivity index is 1.78. The van der Waals surface area contributed by atoms with Crippen molar-refractivity contribution in [2.24, 2.45) is 0 Å². The highest BCUT2D eigenvalue weighted by Gasteiger charge is 2.19. The second-order valence-electron chi connectivity index (χ2n) is 6.72. The Hall–Kier alpha value is -3.50. The molecule has 0 aliphatic carbocycles. The van der Waals surface area contributed by atoms with Gasteiger partial charge in [0.05, 0.1) is 17.4 Å². The maximum Gasteiger partial charge on any atom is 0.334 e. The summed E-state index contributed by atoms with van der Waals surface area (Å²) in [7, 11) is -2.94. The number of carbonyl (C=O) groups excluding carboxylic acids is 2. The highest BCUT2D eigenvalue weighted by Crippen LogP contribution is 2.34. The summed E-state index contributed by atoms with van der Waals surface area (Å²) in [5, 5.41) is 11.2. The van der Waals surface area contributed by atoms with E-state index in [1.165, 1.54) is 13.2 Å². The molecule has 172 valence electrons. The summed E-state index contributed by atoms with van der Waals surface area (Å²) in [6.45, 7) is 0. The molecule has 0 bridgehead atoms.